The van der Waals surface area contributed by atoms with Gasteiger partial charge < -0.3 is 40.3 Å². The van der Waals surface area contributed by atoms with Crippen molar-refractivity contribution < 1.29 is 51.7 Å². The van der Waals surface area contributed by atoms with E-state index in [1.807, 2.05) is 75.9 Å². The largest absolute Gasteiger partial charge is 0.490 e. The highest BCUT2D eigenvalue weighted by atomic mass is 19.4. The van der Waals surface area contributed by atoms with Gasteiger partial charge in [0.05, 0.1) is 48.7 Å². The molecule has 9 atom stereocenters. The van der Waals surface area contributed by atoms with E-state index in [-0.39, 0.29) is 59.9 Å². The molecule has 4 amide bonds. The summed E-state index contributed by atoms with van der Waals surface area (Å²) in [6, 6.07) is 18.2. The minimum Gasteiger partial charge on any atom is -0.475 e. The van der Waals surface area contributed by atoms with Crippen LogP contribution in [0.3, 0.4) is 0 Å². The van der Waals surface area contributed by atoms with Crippen molar-refractivity contribution in [2.24, 2.45) is 23.7 Å². The van der Waals surface area contributed by atoms with Crippen molar-refractivity contribution in [1.29, 1.82) is 0 Å². The average molecular weight is 918 g/mol. The minimum atomic E-state index is -5.08. The molecule has 0 radical (unpaired) electrons. The number of carboxylic acid groups (broad SMARTS) is 1. The van der Waals surface area contributed by atoms with Crippen LogP contribution in [0.1, 0.15) is 85.3 Å². The van der Waals surface area contributed by atoms with Gasteiger partial charge in [0.25, 0.3) is 0 Å². The Balaban J connectivity index is 0.00000191. The number of rotatable bonds is 23. The Labute approximate surface area is 384 Å². The van der Waals surface area contributed by atoms with Gasteiger partial charge in [0.15, 0.2) is 0 Å². The zero-order valence-electron chi connectivity index (χ0n) is 40.1. The Morgan fingerprint density at radius 1 is 0.862 bits per heavy atom. The molecule has 65 heavy (non-hydrogen) atoms. The van der Waals surface area contributed by atoms with Crippen LogP contribution in [0.15, 0.2) is 72.8 Å². The van der Waals surface area contributed by atoms with Crippen LogP contribution in [0.5, 0.6) is 0 Å². The number of ether oxygens (including phenoxy) is 2. The number of methoxy groups -OCH3 is 2. The predicted octanol–water partition coefficient (Wildman–Crippen LogP) is 6.45. The lowest BCUT2D eigenvalue weighted by Crippen LogP contribution is -2.59. The molecule has 1 aliphatic rings. The van der Waals surface area contributed by atoms with E-state index in [9.17, 15) is 32.3 Å². The Kier molecular flexibility index (Phi) is 23.9. The highest BCUT2D eigenvalue weighted by Crippen LogP contribution is 2.30. The summed E-state index contributed by atoms with van der Waals surface area (Å²) in [6.45, 7) is 14.3. The number of hydrogen-bond donors (Lipinski definition) is 4. The number of alkyl halides is 3. The Morgan fingerprint density at radius 2 is 1.42 bits per heavy atom. The van der Waals surface area contributed by atoms with Gasteiger partial charge in [-0.25, -0.2) is 4.79 Å². The number of carboxylic acids is 1. The van der Waals surface area contributed by atoms with Gasteiger partial charge in [0.1, 0.15) is 6.04 Å². The van der Waals surface area contributed by atoms with Crippen molar-refractivity contribution in [1.82, 2.24) is 25.8 Å². The van der Waals surface area contributed by atoms with Crippen LogP contribution in [0.2, 0.25) is 0 Å². The van der Waals surface area contributed by atoms with Gasteiger partial charge in [-0.1, -0.05) is 128 Å². The van der Waals surface area contributed by atoms with Crippen LogP contribution >= 0.6 is 0 Å². The first-order valence-electron chi connectivity index (χ1n) is 22.6. The number of likely N-dealkylation sites (tertiary alicyclic amines) is 1. The summed E-state index contributed by atoms with van der Waals surface area (Å²) in [4.78, 5) is 68.3. The lowest BCUT2D eigenvalue weighted by molar-refractivity contribution is -0.192. The number of carbonyl (C=O) groups excluding carboxylic acids is 4. The zero-order chi connectivity index (χ0) is 49.0. The number of allylic oxidation sites excluding steroid dienone is 1. The molecular formula is C49H74F3N5O8. The fourth-order valence-electron chi connectivity index (χ4n) is 8.38. The maximum Gasteiger partial charge on any atom is 0.490 e. The molecule has 3 rings (SSSR count). The molecule has 0 unspecified atom stereocenters. The van der Waals surface area contributed by atoms with Crippen molar-refractivity contribution in [3.8, 4) is 0 Å². The number of hydrogen-bond acceptors (Lipinski definition) is 8. The van der Waals surface area contributed by atoms with E-state index in [4.69, 9.17) is 19.4 Å². The first-order valence-corrected chi connectivity index (χ1v) is 22.6. The smallest absolute Gasteiger partial charge is 0.475 e. The normalized spacial score (nSPS) is 17.8. The van der Waals surface area contributed by atoms with Crippen molar-refractivity contribution in [3.05, 3.63) is 83.9 Å². The number of nitrogens with zero attached hydrogens (tertiary/aromatic N) is 2. The monoisotopic (exact) mass is 918 g/mol. The number of amides is 4. The molecule has 16 heteroatoms. The summed E-state index contributed by atoms with van der Waals surface area (Å²) in [5.41, 5.74) is 2.31. The predicted molar refractivity (Wildman–Crippen MR) is 246 cm³/mol. The molecule has 1 heterocycles. The third kappa shape index (κ3) is 17.5. The molecule has 1 aliphatic heterocycles. The summed E-state index contributed by atoms with van der Waals surface area (Å²) in [5, 5.41) is 16.5. The van der Waals surface area contributed by atoms with Gasteiger partial charge >= 0.3 is 12.1 Å². The third-order valence-corrected chi connectivity index (χ3v) is 12.2. The van der Waals surface area contributed by atoms with E-state index in [0.717, 1.165) is 24.8 Å². The first-order chi connectivity index (χ1) is 30.6. The van der Waals surface area contributed by atoms with Gasteiger partial charge in [-0.3, -0.25) is 19.2 Å². The topological polar surface area (TPSA) is 167 Å². The van der Waals surface area contributed by atoms with E-state index in [0.29, 0.717) is 19.4 Å². The maximum atomic E-state index is 14.3. The van der Waals surface area contributed by atoms with Crippen molar-refractivity contribution in [2.45, 2.75) is 136 Å². The Hall–Kier alpha value is -4.80. The number of aliphatic carboxylic acids is 1. The minimum absolute atomic E-state index is 0.00803. The van der Waals surface area contributed by atoms with E-state index in [2.05, 4.69) is 66.2 Å². The van der Waals surface area contributed by atoms with Gasteiger partial charge in [-0.2, -0.15) is 13.2 Å². The van der Waals surface area contributed by atoms with Gasteiger partial charge in [-0.05, 0) is 61.6 Å². The second-order valence-electron chi connectivity index (χ2n) is 17.6. The van der Waals surface area contributed by atoms with Crippen LogP contribution in [0.25, 0.3) is 0 Å². The first kappa shape index (κ1) is 56.3. The molecule has 0 spiro atoms. The standard InChI is InChI=1S/C47H73N5O6.C2HF3O2/c1-12-33(6)43(51(9)47(56)42(32(4)5)50-46(55)41(48-8)31(2)3)39(57-10)30-40(53)52-28-20-27-38(52)44(58-11)34(7)45(54)49-37(29-36-23-17-14-18-24-36)26-19-25-35-21-15-13-16-22-35;3-2(4,5)1(6)7/h13-19,21-24,26,31-34,37-39,41-44,48H,12,20,25,27-30H2,1-11H3,(H,49,54)(H,50,55);(H,6,7)/t33-,34+,37+,38-,39+,41-,42-,43-,44+;/m0./s1. The summed E-state index contributed by atoms with van der Waals surface area (Å²) in [7, 11) is 6.68. The van der Waals surface area contributed by atoms with Crippen molar-refractivity contribution in [2.75, 3.05) is 34.9 Å². The number of nitrogens with one attached hydrogen (secondary N) is 3. The maximum absolute atomic E-state index is 14.3. The number of likely N-dealkylation sites (N-methyl/N-ethyl adjacent to an activating group) is 2. The zero-order valence-corrected chi connectivity index (χ0v) is 40.1. The van der Waals surface area contributed by atoms with E-state index in [1.54, 1.807) is 33.2 Å². The van der Waals surface area contributed by atoms with Gasteiger partial charge in [0.2, 0.25) is 23.6 Å². The van der Waals surface area contributed by atoms with Gasteiger partial charge in [-0.15, -0.1) is 0 Å². The number of halogens is 3. The molecule has 2 aromatic carbocycles. The van der Waals surface area contributed by atoms with Crippen LogP contribution in [0.4, 0.5) is 13.2 Å². The lowest BCUT2D eigenvalue weighted by atomic mass is 9.89. The average Bonchev–Trinajstić information content (AvgIpc) is 3.75. The van der Waals surface area contributed by atoms with Crippen molar-refractivity contribution in [3.63, 3.8) is 0 Å². The second-order valence-corrected chi connectivity index (χ2v) is 17.6. The summed E-state index contributed by atoms with van der Waals surface area (Å²) in [5.74, 6) is -4.12. The highest BCUT2D eigenvalue weighted by Gasteiger charge is 2.43. The molecule has 0 aliphatic carbocycles. The second kappa shape index (κ2) is 27.6. The summed E-state index contributed by atoms with van der Waals surface area (Å²) < 4.78 is 43.9. The lowest BCUT2D eigenvalue weighted by Gasteiger charge is -2.41. The fraction of sp³-hybridized carbons (Fsp3) is 0.612. The highest BCUT2D eigenvalue weighted by molar-refractivity contribution is 5.90. The number of carbonyl (C=O) groups is 5. The molecule has 0 aromatic heterocycles. The third-order valence-electron chi connectivity index (χ3n) is 12.2. The molecule has 1 saturated heterocycles. The Bertz CT molecular complexity index is 1800. The molecule has 364 valence electrons. The quantitative estimate of drug-likeness (QED) is 0.0917. The molecule has 13 nitrogen and oxygen atoms in total. The number of benzene rings is 2. The van der Waals surface area contributed by atoms with Crippen molar-refractivity contribution >= 4 is 29.6 Å². The summed E-state index contributed by atoms with van der Waals surface area (Å²) >= 11 is 0. The van der Waals surface area contributed by atoms with Crippen LogP contribution < -0.4 is 16.0 Å². The van der Waals surface area contributed by atoms with E-state index in [1.165, 1.54) is 5.56 Å². The molecular weight excluding hydrogens is 844 g/mol. The molecule has 0 saturated carbocycles. The SMILES string of the molecule is CC[C@H](C)[C@@H]([C@@H](CC(=O)N1CCC[C@H]1[C@H](OC)[C@@H](C)C(=O)N[C@H](C=CCc1ccccc1)Cc1ccccc1)OC)N(C)C(=O)[C@@H](NC(=O)[C@@H](NC)C(C)C)C(C)C.O=C(O)C(F)(F)F. The van der Waals surface area contributed by atoms with Gasteiger partial charge in [0, 0.05) is 27.8 Å². The summed E-state index contributed by atoms with van der Waals surface area (Å²) in [6.07, 6.45) is 1.64. The van der Waals surface area contributed by atoms with E-state index >= 15 is 0 Å². The Morgan fingerprint density at radius 3 is 1.89 bits per heavy atom. The van der Waals surface area contributed by atoms with Crippen LogP contribution in [-0.4, -0.2) is 128 Å². The molecule has 4 N–H and O–H groups in total. The molecule has 1 fully saturated rings. The fourth-order valence-corrected chi connectivity index (χ4v) is 8.38. The van der Waals surface area contributed by atoms with Crippen LogP contribution in [-0.2, 0) is 46.3 Å². The van der Waals surface area contributed by atoms with Crippen LogP contribution in [0, 0.1) is 23.7 Å². The van der Waals surface area contributed by atoms with E-state index < -0.39 is 48.4 Å². The molecule has 2 aromatic rings. The molecule has 0 bridgehead atoms.